The minimum absolute atomic E-state index is 0.184. The van der Waals surface area contributed by atoms with Gasteiger partial charge in [-0.1, -0.05) is 6.07 Å². The average Bonchev–Trinajstić information content (AvgIpc) is 2.77. The Hall–Kier alpha value is -1.59. The SMILES string of the molecule is CN1CCN(Cc2nc3c(N)cccc3o2)CC1(C)C. The lowest BCUT2D eigenvalue weighted by Gasteiger charge is -2.45. The lowest BCUT2D eigenvalue weighted by atomic mass is 10.00. The second kappa shape index (κ2) is 4.75. The molecule has 0 unspecified atom stereocenters. The van der Waals surface area contributed by atoms with Crippen molar-refractivity contribution in [2.45, 2.75) is 25.9 Å². The Morgan fingerprint density at radius 1 is 1.35 bits per heavy atom. The number of oxazole rings is 1. The summed E-state index contributed by atoms with van der Waals surface area (Å²) in [6.07, 6.45) is 0. The second-order valence-corrected chi connectivity index (χ2v) is 6.25. The van der Waals surface area contributed by atoms with Gasteiger partial charge in [-0.15, -0.1) is 0 Å². The molecule has 0 atom stereocenters. The van der Waals surface area contributed by atoms with Crippen molar-refractivity contribution in [3.63, 3.8) is 0 Å². The van der Waals surface area contributed by atoms with E-state index in [-0.39, 0.29) is 5.54 Å². The molecule has 1 aliphatic rings. The number of aromatic nitrogens is 1. The van der Waals surface area contributed by atoms with Crippen molar-refractivity contribution in [1.29, 1.82) is 0 Å². The summed E-state index contributed by atoms with van der Waals surface area (Å²) in [6.45, 7) is 8.39. The number of benzene rings is 1. The number of fused-ring (bicyclic) bond motifs is 1. The van der Waals surface area contributed by atoms with Crippen molar-refractivity contribution in [3.05, 3.63) is 24.1 Å². The Morgan fingerprint density at radius 2 is 2.15 bits per heavy atom. The number of hydrogen-bond acceptors (Lipinski definition) is 5. The molecule has 5 nitrogen and oxygen atoms in total. The molecule has 20 heavy (non-hydrogen) atoms. The highest BCUT2D eigenvalue weighted by Gasteiger charge is 2.31. The van der Waals surface area contributed by atoms with Crippen molar-refractivity contribution in [2.75, 3.05) is 32.4 Å². The predicted molar refractivity (Wildman–Crippen MR) is 80.4 cm³/mol. The summed E-state index contributed by atoms with van der Waals surface area (Å²) in [4.78, 5) is 9.31. The number of anilines is 1. The van der Waals surface area contributed by atoms with E-state index in [1.165, 1.54) is 0 Å². The molecule has 2 aromatic rings. The van der Waals surface area contributed by atoms with Crippen LogP contribution in [-0.2, 0) is 6.54 Å². The zero-order valence-corrected chi connectivity index (χ0v) is 12.4. The smallest absolute Gasteiger partial charge is 0.209 e. The van der Waals surface area contributed by atoms with Gasteiger partial charge in [-0.3, -0.25) is 9.80 Å². The van der Waals surface area contributed by atoms with Gasteiger partial charge in [-0.2, -0.15) is 0 Å². The monoisotopic (exact) mass is 274 g/mol. The van der Waals surface area contributed by atoms with Gasteiger partial charge in [0.25, 0.3) is 0 Å². The summed E-state index contributed by atoms with van der Waals surface area (Å²) in [5, 5.41) is 0. The molecule has 0 aliphatic carbocycles. The molecular formula is C15H22N4O. The van der Waals surface area contributed by atoms with E-state index in [4.69, 9.17) is 10.2 Å². The van der Waals surface area contributed by atoms with Crippen LogP contribution in [0, 0.1) is 0 Å². The molecule has 0 spiro atoms. The predicted octanol–water partition coefficient (Wildman–Crippen LogP) is 1.94. The fraction of sp³-hybridized carbons (Fsp3) is 0.533. The van der Waals surface area contributed by atoms with Crippen molar-refractivity contribution in [1.82, 2.24) is 14.8 Å². The summed E-state index contributed by atoms with van der Waals surface area (Å²) in [6, 6.07) is 5.66. The number of hydrogen-bond donors (Lipinski definition) is 1. The third-order valence-corrected chi connectivity index (χ3v) is 4.25. The first-order valence-corrected chi connectivity index (χ1v) is 7.03. The van der Waals surface area contributed by atoms with Crippen LogP contribution < -0.4 is 5.73 Å². The molecule has 1 aromatic carbocycles. The number of nitrogens with zero attached hydrogens (tertiary/aromatic N) is 3. The Labute approximate surface area is 119 Å². The molecule has 108 valence electrons. The van der Waals surface area contributed by atoms with Gasteiger partial charge >= 0.3 is 0 Å². The Morgan fingerprint density at radius 3 is 2.85 bits per heavy atom. The van der Waals surface area contributed by atoms with Gasteiger partial charge in [-0.25, -0.2) is 4.98 Å². The molecule has 1 fully saturated rings. The first kappa shape index (κ1) is 13.4. The molecule has 1 saturated heterocycles. The van der Waals surface area contributed by atoms with Gasteiger partial charge in [0.05, 0.1) is 12.2 Å². The number of piperazine rings is 1. The van der Waals surface area contributed by atoms with E-state index in [1.54, 1.807) is 0 Å². The fourth-order valence-electron chi connectivity index (χ4n) is 2.75. The molecule has 2 N–H and O–H groups in total. The minimum Gasteiger partial charge on any atom is -0.439 e. The van der Waals surface area contributed by atoms with Gasteiger partial charge < -0.3 is 10.2 Å². The van der Waals surface area contributed by atoms with Gasteiger partial charge in [0.2, 0.25) is 5.89 Å². The van der Waals surface area contributed by atoms with Crippen molar-refractivity contribution >= 4 is 16.8 Å². The molecule has 1 aromatic heterocycles. The lowest BCUT2D eigenvalue weighted by Crippen LogP contribution is -2.57. The van der Waals surface area contributed by atoms with Crippen LogP contribution in [0.5, 0.6) is 0 Å². The highest BCUT2D eigenvalue weighted by molar-refractivity contribution is 5.85. The number of rotatable bonds is 2. The van der Waals surface area contributed by atoms with E-state index in [0.29, 0.717) is 5.69 Å². The molecule has 0 radical (unpaired) electrons. The van der Waals surface area contributed by atoms with Gasteiger partial charge in [-0.05, 0) is 33.0 Å². The summed E-state index contributed by atoms with van der Waals surface area (Å²) < 4.78 is 5.80. The Balaban J connectivity index is 1.78. The van der Waals surface area contributed by atoms with Gasteiger partial charge in [0.1, 0.15) is 5.52 Å². The van der Waals surface area contributed by atoms with E-state index < -0.39 is 0 Å². The van der Waals surface area contributed by atoms with Crippen molar-refractivity contribution in [3.8, 4) is 0 Å². The van der Waals surface area contributed by atoms with E-state index in [9.17, 15) is 0 Å². The number of nitrogens with two attached hydrogens (primary N) is 1. The maximum Gasteiger partial charge on any atom is 0.209 e. The lowest BCUT2D eigenvalue weighted by molar-refractivity contribution is 0.0322. The third kappa shape index (κ3) is 2.39. The fourth-order valence-corrected chi connectivity index (χ4v) is 2.75. The zero-order valence-electron chi connectivity index (χ0n) is 12.4. The van der Waals surface area contributed by atoms with Crippen LogP contribution in [0.3, 0.4) is 0 Å². The molecule has 3 rings (SSSR count). The molecule has 5 heteroatoms. The van der Waals surface area contributed by atoms with E-state index in [1.807, 2.05) is 18.2 Å². The summed E-state index contributed by atoms with van der Waals surface area (Å²) in [5.74, 6) is 0.748. The quantitative estimate of drug-likeness (QED) is 0.848. The molecule has 0 saturated carbocycles. The first-order valence-electron chi connectivity index (χ1n) is 7.03. The Bertz CT molecular complexity index is 619. The average molecular weight is 274 g/mol. The second-order valence-electron chi connectivity index (χ2n) is 6.25. The van der Waals surface area contributed by atoms with Crippen LogP contribution in [0.15, 0.2) is 22.6 Å². The minimum atomic E-state index is 0.184. The third-order valence-electron chi connectivity index (χ3n) is 4.25. The maximum absolute atomic E-state index is 5.92. The molecular weight excluding hydrogens is 252 g/mol. The summed E-state index contributed by atoms with van der Waals surface area (Å²) >= 11 is 0. The largest absolute Gasteiger partial charge is 0.439 e. The van der Waals surface area contributed by atoms with Gasteiger partial charge in [0.15, 0.2) is 5.58 Å². The van der Waals surface area contributed by atoms with Crippen LogP contribution in [0.2, 0.25) is 0 Å². The Kier molecular flexibility index (Phi) is 3.18. The molecule has 1 aliphatic heterocycles. The summed E-state index contributed by atoms with van der Waals surface area (Å²) in [5.41, 5.74) is 8.33. The number of likely N-dealkylation sites (N-methyl/N-ethyl adjacent to an activating group) is 1. The normalized spacial score (nSPS) is 20.6. The first-order chi connectivity index (χ1) is 9.45. The molecule has 2 heterocycles. The van der Waals surface area contributed by atoms with Crippen LogP contribution in [0.1, 0.15) is 19.7 Å². The topological polar surface area (TPSA) is 58.5 Å². The van der Waals surface area contributed by atoms with Crippen LogP contribution in [0.4, 0.5) is 5.69 Å². The standard InChI is InChI=1S/C15H22N4O/c1-15(2)10-19(8-7-18(15)3)9-13-17-14-11(16)5-4-6-12(14)20-13/h4-6H,7-10,16H2,1-3H3. The van der Waals surface area contributed by atoms with E-state index >= 15 is 0 Å². The highest BCUT2D eigenvalue weighted by Crippen LogP contribution is 2.24. The van der Waals surface area contributed by atoms with Crippen molar-refractivity contribution < 1.29 is 4.42 Å². The summed E-state index contributed by atoms with van der Waals surface area (Å²) in [7, 11) is 2.18. The molecule has 0 bridgehead atoms. The van der Waals surface area contributed by atoms with Crippen LogP contribution in [0.25, 0.3) is 11.1 Å². The van der Waals surface area contributed by atoms with Crippen LogP contribution in [-0.4, -0.2) is 47.0 Å². The van der Waals surface area contributed by atoms with Crippen molar-refractivity contribution in [2.24, 2.45) is 0 Å². The van der Waals surface area contributed by atoms with E-state index in [0.717, 1.165) is 43.2 Å². The zero-order chi connectivity index (χ0) is 14.3. The maximum atomic E-state index is 5.92. The highest BCUT2D eigenvalue weighted by atomic mass is 16.3. The van der Waals surface area contributed by atoms with Gasteiger partial charge in [0, 0.05) is 25.2 Å². The number of nitrogen functional groups attached to an aromatic ring is 1. The number of para-hydroxylation sites is 1. The van der Waals surface area contributed by atoms with Crippen LogP contribution >= 0.6 is 0 Å². The molecule has 0 amide bonds. The van der Waals surface area contributed by atoms with E-state index in [2.05, 4.69) is 35.7 Å².